The average Bonchev–Trinajstić information content (AvgIpc) is 2.64. The van der Waals surface area contributed by atoms with Gasteiger partial charge in [-0.1, -0.05) is 0 Å². The third kappa shape index (κ3) is 6.95. The summed E-state index contributed by atoms with van der Waals surface area (Å²) in [7, 11) is -4.64. The Kier molecular flexibility index (Phi) is 9.05. The number of anilines is 1. The van der Waals surface area contributed by atoms with Crippen LogP contribution in [0.5, 0.6) is 0 Å². The molecule has 1 fully saturated rings. The van der Waals surface area contributed by atoms with E-state index in [2.05, 4.69) is 4.98 Å². The molecular formula is C9H17N3NaO9P. The number of phosphoric acid groups is 1. The van der Waals surface area contributed by atoms with Gasteiger partial charge in [0.2, 0.25) is 0 Å². The van der Waals surface area contributed by atoms with Crippen LogP contribution in [0.25, 0.3) is 0 Å². The zero-order chi connectivity index (χ0) is 17.1. The largest absolute Gasteiger partial charge is 1.00 e. The van der Waals surface area contributed by atoms with Crippen LogP contribution in [-0.2, 0) is 9.30 Å². The van der Waals surface area contributed by atoms with Crippen molar-refractivity contribution in [2.24, 2.45) is 0 Å². The van der Waals surface area contributed by atoms with E-state index in [0.717, 1.165) is 4.57 Å². The van der Waals surface area contributed by atoms with Gasteiger partial charge in [0.1, 0.15) is 24.1 Å². The molecule has 1 aromatic rings. The molecule has 23 heavy (non-hydrogen) atoms. The molecule has 2 rings (SSSR count). The first kappa shape index (κ1) is 22.6. The van der Waals surface area contributed by atoms with Crippen LogP contribution in [0.3, 0.4) is 0 Å². The number of aromatic nitrogens is 2. The number of nitrogens with zero attached hydrogens (tertiary/aromatic N) is 2. The van der Waals surface area contributed by atoms with Crippen molar-refractivity contribution in [2.75, 3.05) is 12.3 Å². The standard InChI is InChI=1S/C9H13N3O5.Na.H3O4P.H/c10-5-1-2-12(9(16)11-5)8-7(15)6(14)4(3-13)17-8;;1-5(2,3)4;/h1-2,4,6-8,13-15H,3H2,(H2,10,11,16);;(H3,1,2,3,4);/q;+1;;-1/t4-,6-,7+,8-;;;/m1.../s1. The number of aliphatic hydroxyl groups excluding tert-OH is 3. The molecule has 0 saturated carbocycles. The van der Waals surface area contributed by atoms with Crippen molar-refractivity contribution in [3.8, 4) is 0 Å². The van der Waals surface area contributed by atoms with Gasteiger partial charge in [0.15, 0.2) is 6.23 Å². The second-order valence-corrected chi connectivity index (χ2v) is 5.31. The molecule has 0 bridgehead atoms. The number of hydrogen-bond acceptors (Lipinski definition) is 8. The molecule has 0 aliphatic carbocycles. The molecule has 0 radical (unpaired) electrons. The fourth-order valence-corrected chi connectivity index (χ4v) is 1.73. The van der Waals surface area contributed by atoms with Crippen molar-refractivity contribution >= 4 is 13.6 Å². The van der Waals surface area contributed by atoms with E-state index in [1.165, 1.54) is 12.3 Å². The van der Waals surface area contributed by atoms with Crippen LogP contribution >= 0.6 is 7.82 Å². The van der Waals surface area contributed by atoms with Gasteiger partial charge in [0.25, 0.3) is 0 Å². The summed E-state index contributed by atoms with van der Waals surface area (Å²) in [5.41, 5.74) is 4.63. The SMILES string of the molecule is Nc1ccn([C@@H]2O[C@H](CO)[C@@H](O)[C@@H]2O)c(=O)n1.O=P(O)(O)O.[H-].[Na+]. The summed E-state index contributed by atoms with van der Waals surface area (Å²) < 4.78 is 15.1. The zero-order valence-corrected chi connectivity index (χ0v) is 14.9. The van der Waals surface area contributed by atoms with Gasteiger partial charge in [-0.05, 0) is 6.07 Å². The minimum atomic E-state index is -4.64. The van der Waals surface area contributed by atoms with Gasteiger partial charge in [-0.15, -0.1) is 0 Å². The van der Waals surface area contributed by atoms with Crippen LogP contribution < -0.4 is 41.0 Å². The molecule has 128 valence electrons. The van der Waals surface area contributed by atoms with E-state index in [9.17, 15) is 15.0 Å². The predicted molar refractivity (Wildman–Crippen MR) is 71.3 cm³/mol. The van der Waals surface area contributed by atoms with Gasteiger partial charge in [-0.2, -0.15) is 4.98 Å². The maximum atomic E-state index is 11.5. The molecule has 0 amide bonds. The first-order chi connectivity index (χ1) is 10.0. The van der Waals surface area contributed by atoms with Crippen molar-refractivity contribution in [1.82, 2.24) is 9.55 Å². The normalized spacial score (nSPS) is 26.9. The Hall–Kier alpha value is -0.370. The number of nitrogens with two attached hydrogens (primary N) is 1. The number of rotatable bonds is 2. The van der Waals surface area contributed by atoms with Gasteiger partial charge in [0.05, 0.1) is 6.61 Å². The van der Waals surface area contributed by atoms with Crippen molar-refractivity contribution in [1.29, 1.82) is 0 Å². The van der Waals surface area contributed by atoms with E-state index in [4.69, 9.17) is 34.8 Å². The molecule has 8 N–H and O–H groups in total. The average molecular weight is 365 g/mol. The Morgan fingerprint density at radius 1 is 1.35 bits per heavy atom. The summed E-state index contributed by atoms with van der Waals surface area (Å²) in [5, 5.41) is 28.2. The summed E-state index contributed by atoms with van der Waals surface area (Å²) >= 11 is 0. The van der Waals surface area contributed by atoms with E-state index in [0.29, 0.717) is 0 Å². The molecule has 14 heteroatoms. The van der Waals surface area contributed by atoms with Gasteiger partial charge < -0.3 is 41.9 Å². The molecule has 1 aliphatic rings. The van der Waals surface area contributed by atoms with Crippen molar-refractivity contribution < 1.29 is 70.3 Å². The number of ether oxygens (including phenoxy) is 1. The molecule has 0 unspecified atom stereocenters. The molecule has 12 nitrogen and oxygen atoms in total. The summed E-state index contributed by atoms with van der Waals surface area (Å²) in [6, 6.07) is 1.37. The summed E-state index contributed by atoms with van der Waals surface area (Å²) in [4.78, 5) is 36.6. The number of aliphatic hydroxyl groups is 3. The first-order valence-corrected chi connectivity index (χ1v) is 7.36. The smallest absolute Gasteiger partial charge is 1.00 e. The Morgan fingerprint density at radius 2 is 1.87 bits per heavy atom. The molecule has 1 aromatic heterocycles. The maximum Gasteiger partial charge on any atom is 1.00 e. The van der Waals surface area contributed by atoms with Crippen molar-refractivity contribution in [3.63, 3.8) is 0 Å². The summed E-state index contributed by atoms with van der Waals surface area (Å²) in [6.45, 7) is -0.453. The minimum Gasteiger partial charge on any atom is -1.00 e. The van der Waals surface area contributed by atoms with Crippen LogP contribution in [0.4, 0.5) is 5.82 Å². The van der Waals surface area contributed by atoms with Crippen molar-refractivity contribution in [3.05, 3.63) is 22.7 Å². The van der Waals surface area contributed by atoms with E-state index >= 15 is 0 Å². The fourth-order valence-electron chi connectivity index (χ4n) is 1.73. The van der Waals surface area contributed by atoms with Crippen LogP contribution in [0, 0.1) is 0 Å². The summed E-state index contributed by atoms with van der Waals surface area (Å²) in [6.07, 6.45) is -3.27. The Labute approximate surface area is 153 Å². The zero-order valence-electron chi connectivity index (χ0n) is 13.0. The molecule has 4 atom stereocenters. The maximum absolute atomic E-state index is 11.5. The van der Waals surface area contributed by atoms with Crippen LogP contribution in [0.15, 0.2) is 17.1 Å². The van der Waals surface area contributed by atoms with E-state index in [1.54, 1.807) is 0 Å². The Balaban J connectivity index is 0. The van der Waals surface area contributed by atoms with Crippen molar-refractivity contribution in [2.45, 2.75) is 24.5 Å². The first-order valence-electron chi connectivity index (χ1n) is 5.80. The minimum absolute atomic E-state index is 0. The summed E-state index contributed by atoms with van der Waals surface area (Å²) in [5.74, 6) is 0.0537. The van der Waals surface area contributed by atoms with Crippen LogP contribution in [-0.4, -0.2) is 64.5 Å². The Bertz CT molecular complexity index is 606. The fraction of sp³-hybridized carbons (Fsp3) is 0.556. The van der Waals surface area contributed by atoms with Gasteiger partial charge >= 0.3 is 43.1 Å². The molecule has 2 heterocycles. The second-order valence-electron chi connectivity index (χ2n) is 4.28. The molecule has 0 spiro atoms. The van der Waals surface area contributed by atoms with E-state index in [-0.39, 0.29) is 36.8 Å². The predicted octanol–water partition coefficient (Wildman–Crippen LogP) is -6.38. The number of nitrogen functional groups attached to an aromatic ring is 1. The topological polar surface area (TPSA) is 209 Å². The quantitative estimate of drug-likeness (QED) is 0.193. The van der Waals surface area contributed by atoms with E-state index in [1.807, 2.05) is 0 Å². The van der Waals surface area contributed by atoms with Gasteiger partial charge in [0, 0.05) is 6.20 Å². The van der Waals surface area contributed by atoms with E-state index < -0.39 is 44.7 Å². The number of hydrogen-bond donors (Lipinski definition) is 7. The van der Waals surface area contributed by atoms with Crippen LogP contribution in [0.2, 0.25) is 0 Å². The van der Waals surface area contributed by atoms with Crippen LogP contribution in [0.1, 0.15) is 7.65 Å². The molecule has 1 saturated heterocycles. The second kappa shape index (κ2) is 9.20. The monoisotopic (exact) mass is 365 g/mol. The molecular weight excluding hydrogens is 348 g/mol. The molecule has 0 aromatic carbocycles. The third-order valence-electron chi connectivity index (χ3n) is 2.64. The van der Waals surface area contributed by atoms with Gasteiger partial charge in [-0.25, -0.2) is 9.36 Å². The van der Waals surface area contributed by atoms with Gasteiger partial charge in [-0.3, -0.25) is 4.57 Å². The molecule has 1 aliphatic heterocycles. The Morgan fingerprint density at radius 3 is 2.26 bits per heavy atom. The third-order valence-corrected chi connectivity index (χ3v) is 2.64.